The summed E-state index contributed by atoms with van der Waals surface area (Å²) in [5.74, 6) is 0.502. The molecule has 0 spiro atoms. The number of aryl methyl sites for hydroxylation is 1. The maximum absolute atomic E-state index is 15.1. The van der Waals surface area contributed by atoms with Gasteiger partial charge in [0, 0.05) is 5.56 Å². The maximum Gasteiger partial charge on any atom is 0.166 e. The predicted octanol–water partition coefficient (Wildman–Crippen LogP) is 9.94. The molecular weight excluding hydrogens is 441 g/mol. The first-order chi connectivity index (χ1) is 17.0. The van der Waals surface area contributed by atoms with Gasteiger partial charge in [0.2, 0.25) is 0 Å². The Labute approximate surface area is 209 Å². The van der Waals surface area contributed by atoms with Gasteiger partial charge in [-0.05, 0) is 117 Å². The van der Waals surface area contributed by atoms with E-state index < -0.39 is 11.6 Å². The molecule has 0 amide bonds. The first-order valence-electron chi connectivity index (χ1n) is 13.6. The van der Waals surface area contributed by atoms with Crippen LogP contribution in [0.1, 0.15) is 88.2 Å². The van der Waals surface area contributed by atoms with Crippen molar-refractivity contribution in [3.63, 3.8) is 0 Å². The highest BCUT2D eigenvalue weighted by Gasteiger charge is 2.31. The van der Waals surface area contributed by atoms with Crippen molar-refractivity contribution in [2.24, 2.45) is 17.8 Å². The molecule has 2 saturated carbocycles. The summed E-state index contributed by atoms with van der Waals surface area (Å²) < 4.78 is 43.9. The smallest absolute Gasteiger partial charge is 0.166 e. The predicted molar refractivity (Wildman–Crippen MR) is 140 cm³/mol. The Balaban J connectivity index is 1.33. The first-order valence-corrected chi connectivity index (χ1v) is 13.6. The molecule has 35 heavy (non-hydrogen) atoms. The van der Waals surface area contributed by atoms with Crippen LogP contribution in [0.2, 0.25) is 0 Å². The van der Waals surface area contributed by atoms with E-state index in [0.717, 1.165) is 61.8 Å². The summed E-state index contributed by atoms with van der Waals surface area (Å²) in [6, 6.07) is 8.08. The minimum atomic E-state index is -0.890. The number of hydrogen-bond donors (Lipinski definition) is 0. The molecule has 0 bridgehead atoms. The van der Waals surface area contributed by atoms with Crippen LogP contribution in [0.3, 0.4) is 0 Å². The number of hydrogen-bond acceptors (Lipinski definition) is 0. The lowest BCUT2D eigenvalue weighted by Gasteiger charge is -2.37. The van der Waals surface area contributed by atoms with E-state index in [1.165, 1.54) is 31.7 Å². The molecule has 0 unspecified atom stereocenters. The van der Waals surface area contributed by atoms with E-state index in [0.29, 0.717) is 17.5 Å². The van der Waals surface area contributed by atoms with Crippen LogP contribution in [0, 0.1) is 35.2 Å². The van der Waals surface area contributed by atoms with Crippen molar-refractivity contribution in [3.05, 3.63) is 83.7 Å². The van der Waals surface area contributed by atoms with E-state index in [-0.39, 0.29) is 17.3 Å². The second kappa shape index (κ2) is 12.1. The summed E-state index contributed by atoms with van der Waals surface area (Å²) in [6.45, 7) is 5.57. The summed E-state index contributed by atoms with van der Waals surface area (Å²) >= 11 is 0. The Bertz CT molecular complexity index is 1020. The Morgan fingerprint density at radius 2 is 1.51 bits per heavy atom. The summed E-state index contributed by atoms with van der Waals surface area (Å²) in [4.78, 5) is 0. The second-order valence-corrected chi connectivity index (χ2v) is 10.6. The van der Waals surface area contributed by atoms with Crippen LogP contribution in [-0.4, -0.2) is 0 Å². The largest absolute Gasteiger partial charge is 0.207 e. The minimum Gasteiger partial charge on any atom is -0.207 e. The van der Waals surface area contributed by atoms with Crippen LogP contribution >= 0.6 is 0 Å². The molecule has 0 heterocycles. The summed E-state index contributed by atoms with van der Waals surface area (Å²) in [6.07, 6.45) is 18.9. The monoisotopic (exact) mass is 480 g/mol. The fourth-order valence-electron chi connectivity index (χ4n) is 6.32. The van der Waals surface area contributed by atoms with Gasteiger partial charge in [0.15, 0.2) is 11.6 Å². The van der Waals surface area contributed by atoms with Crippen LogP contribution in [0.25, 0.3) is 11.1 Å². The van der Waals surface area contributed by atoms with Crippen molar-refractivity contribution in [2.75, 3.05) is 0 Å². The molecule has 0 N–H and O–H groups in total. The van der Waals surface area contributed by atoms with Crippen molar-refractivity contribution in [1.29, 1.82) is 0 Å². The highest BCUT2D eigenvalue weighted by molar-refractivity contribution is 5.65. The zero-order valence-electron chi connectivity index (χ0n) is 21.0. The average molecular weight is 481 g/mol. The summed E-state index contributed by atoms with van der Waals surface area (Å²) in [5.41, 5.74) is 1.59. The van der Waals surface area contributed by atoms with Gasteiger partial charge in [0.25, 0.3) is 0 Å². The lowest BCUT2D eigenvalue weighted by atomic mass is 9.68. The van der Waals surface area contributed by atoms with Gasteiger partial charge >= 0.3 is 0 Å². The van der Waals surface area contributed by atoms with Gasteiger partial charge in [-0.15, -0.1) is 6.58 Å². The minimum absolute atomic E-state index is 0.125. The van der Waals surface area contributed by atoms with Gasteiger partial charge in [0.05, 0.1) is 0 Å². The number of allylic oxidation sites excluding steroid dienone is 3. The lowest BCUT2D eigenvalue weighted by molar-refractivity contribution is 0.171. The Morgan fingerprint density at radius 3 is 2.14 bits per heavy atom. The van der Waals surface area contributed by atoms with Gasteiger partial charge in [-0.1, -0.05) is 49.4 Å². The van der Waals surface area contributed by atoms with Gasteiger partial charge in [-0.2, -0.15) is 0 Å². The van der Waals surface area contributed by atoms with Crippen LogP contribution in [0.5, 0.6) is 0 Å². The molecular formula is C32H39F3. The molecule has 0 aliphatic heterocycles. The highest BCUT2D eigenvalue weighted by Crippen LogP contribution is 2.45. The fourth-order valence-corrected chi connectivity index (χ4v) is 6.32. The van der Waals surface area contributed by atoms with E-state index in [4.69, 9.17) is 0 Å². The SMILES string of the molecule is C=CCC/C=C/C1CCC(C2CCC(c3ccc(-c4ccc(CC)c(F)c4F)cc3F)CC2)CC1. The van der Waals surface area contributed by atoms with Crippen molar-refractivity contribution in [3.8, 4) is 11.1 Å². The van der Waals surface area contributed by atoms with Crippen LogP contribution in [-0.2, 0) is 6.42 Å². The summed E-state index contributed by atoms with van der Waals surface area (Å²) in [5, 5.41) is 0. The zero-order chi connectivity index (χ0) is 24.8. The second-order valence-electron chi connectivity index (χ2n) is 10.6. The van der Waals surface area contributed by atoms with Crippen LogP contribution < -0.4 is 0 Å². The molecule has 0 saturated heterocycles. The molecule has 4 rings (SSSR count). The Morgan fingerprint density at radius 1 is 0.829 bits per heavy atom. The average Bonchev–Trinajstić information content (AvgIpc) is 2.89. The third-order valence-electron chi connectivity index (χ3n) is 8.50. The third-order valence-corrected chi connectivity index (χ3v) is 8.50. The van der Waals surface area contributed by atoms with Crippen molar-refractivity contribution >= 4 is 0 Å². The number of rotatable bonds is 8. The normalized spacial score (nSPS) is 25.1. The van der Waals surface area contributed by atoms with Crippen molar-refractivity contribution < 1.29 is 13.2 Å². The maximum atomic E-state index is 15.1. The summed E-state index contributed by atoms with van der Waals surface area (Å²) in [7, 11) is 0. The number of halogens is 3. The molecule has 2 aromatic carbocycles. The van der Waals surface area contributed by atoms with Gasteiger partial charge in [-0.3, -0.25) is 0 Å². The molecule has 2 fully saturated rings. The van der Waals surface area contributed by atoms with E-state index in [1.54, 1.807) is 31.2 Å². The Hall–Kier alpha value is -2.29. The molecule has 3 heteroatoms. The molecule has 0 aromatic heterocycles. The molecule has 2 aliphatic carbocycles. The van der Waals surface area contributed by atoms with E-state index in [2.05, 4.69) is 18.7 Å². The fraction of sp³-hybridized carbons (Fsp3) is 0.500. The van der Waals surface area contributed by atoms with Gasteiger partial charge in [0.1, 0.15) is 5.82 Å². The van der Waals surface area contributed by atoms with Crippen molar-refractivity contribution in [2.45, 2.75) is 83.5 Å². The zero-order valence-corrected chi connectivity index (χ0v) is 21.0. The molecule has 2 aromatic rings. The lowest BCUT2D eigenvalue weighted by Crippen LogP contribution is -2.25. The van der Waals surface area contributed by atoms with E-state index in [1.807, 2.05) is 6.08 Å². The third kappa shape index (κ3) is 6.11. The topological polar surface area (TPSA) is 0 Å². The number of benzene rings is 2. The van der Waals surface area contributed by atoms with Gasteiger partial charge in [-0.25, -0.2) is 13.2 Å². The van der Waals surface area contributed by atoms with E-state index in [9.17, 15) is 8.78 Å². The molecule has 0 atom stereocenters. The Kier molecular flexibility index (Phi) is 8.92. The van der Waals surface area contributed by atoms with Crippen LogP contribution in [0.4, 0.5) is 13.2 Å². The van der Waals surface area contributed by atoms with Crippen LogP contribution in [0.15, 0.2) is 55.1 Å². The van der Waals surface area contributed by atoms with E-state index >= 15 is 4.39 Å². The number of unbranched alkanes of at least 4 members (excludes halogenated alkanes) is 1. The quantitative estimate of drug-likeness (QED) is 0.260. The molecule has 0 radical (unpaired) electrons. The first kappa shape index (κ1) is 25.8. The molecule has 2 aliphatic rings. The molecule has 188 valence electrons. The van der Waals surface area contributed by atoms with Gasteiger partial charge < -0.3 is 0 Å². The highest BCUT2D eigenvalue weighted by atomic mass is 19.2. The van der Waals surface area contributed by atoms with Crippen molar-refractivity contribution in [1.82, 2.24) is 0 Å². The standard InChI is InChI=1S/C32H39F3/c1-3-5-6-7-8-22-9-11-24(12-10-22)25-13-15-26(16-14-25)28-19-18-27(21-30(28)33)29-20-17-23(4-2)31(34)32(29)35/h3,7-8,17-22,24-26H,1,4-6,9-16H2,2H3/b8-7+. The molecule has 0 nitrogen and oxygen atoms in total.